The first kappa shape index (κ1) is 14.7. The molecule has 13 heavy (non-hydrogen) atoms. The summed E-state index contributed by atoms with van der Waals surface area (Å²) in [7, 11) is 0. The van der Waals surface area contributed by atoms with E-state index in [1.807, 2.05) is 34.6 Å². The second-order valence-electron chi connectivity index (χ2n) is 3.54. The molecule has 2 amide bonds. The van der Waals surface area contributed by atoms with E-state index in [0.717, 1.165) is 0 Å². The maximum Gasteiger partial charge on any atom is 0.226 e. The predicted molar refractivity (Wildman–Crippen MR) is 54.3 cm³/mol. The van der Waals surface area contributed by atoms with Crippen LogP contribution in [-0.2, 0) is 9.59 Å². The van der Waals surface area contributed by atoms with Crippen molar-refractivity contribution >= 4 is 11.8 Å². The average molecular weight is 187 g/mol. The fourth-order valence-corrected chi connectivity index (χ4v) is 1.17. The van der Waals surface area contributed by atoms with Crippen LogP contribution in [0.3, 0.4) is 0 Å². The number of hydrogen-bond acceptors (Lipinski definition) is 2. The van der Waals surface area contributed by atoms with Gasteiger partial charge in [0.2, 0.25) is 11.8 Å². The van der Waals surface area contributed by atoms with Crippen LogP contribution in [0.15, 0.2) is 0 Å². The van der Waals surface area contributed by atoms with Gasteiger partial charge in [-0.1, -0.05) is 13.8 Å². The first-order valence-electron chi connectivity index (χ1n) is 4.58. The highest BCUT2D eigenvalue weighted by Gasteiger charge is 2.26. The van der Waals surface area contributed by atoms with Crippen LogP contribution < -0.4 is 0 Å². The van der Waals surface area contributed by atoms with E-state index in [-0.39, 0.29) is 11.8 Å². The molecule has 0 atom stereocenters. The summed E-state index contributed by atoms with van der Waals surface area (Å²) in [6, 6.07) is 0. The Hall–Kier alpha value is -0.860. The molecule has 0 rings (SSSR count). The number of carbonyl (C=O) groups is 2. The zero-order valence-corrected chi connectivity index (χ0v) is 9.76. The van der Waals surface area contributed by atoms with Crippen molar-refractivity contribution in [3.63, 3.8) is 0 Å². The first-order valence-corrected chi connectivity index (χ1v) is 4.58. The Labute approximate surface area is 81.1 Å². The molecule has 0 saturated heterocycles. The molecule has 0 aliphatic rings. The largest absolute Gasteiger partial charge is 0.278 e. The fourth-order valence-electron chi connectivity index (χ4n) is 1.17. The minimum absolute atomic E-state index is 0.204. The Morgan fingerprint density at radius 2 is 1.15 bits per heavy atom. The highest BCUT2D eigenvalue weighted by molar-refractivity contribution is 5.93. The van der Waals surface area contributed by atoms with Gasteiger partial charge in [-0.15, -0.1) is 0 Å². The second-order valence-corrected chi connectivity index (χ2v) is 3.54. The Morgan fingerprint density at radius 3 is 1.15 bits per heavy atom. The van der Waals surface area contributed by atoms with Crippen molar-refractivity contribution in [3.05, 3.63) is 0 Å². The van der Waals surface area contributed by atoms with Gasteiger partial charge in [0.05, 0.1) is 0 Å². The molecule has 0 saturated carbocycles. The molecule has 78 valence electrons. The van der Waals surface area contributed by atoms with Crippen LogP contribution in [0, 0.1) is 0 Å². The average Bonchev–Trinajstić information content (AvgIpc) is 1.85. The minimum atomic E-state index is -0.405. The molecule has 0 unspecified atom stereocenters. The standard InChI is InChI=1S/C8H15NO2.C2H6/c1-6(10)9(7(2)11)8(3,4)5;1-2/h1-5H3;1-2H3. The van der Waals surface area contributed by atoms with E-state index < -0.39 is 5.54 Å². The van der Waals surface area contributed by atoms with E-state index in [0.29, 0.717) is 0 Å². The van der Waals surface area contributed by atoms with Crippen LogP contribution in [0.25, 0.3) is 0 Å². The first-order chi connectivity index (χ1) is 5.76. The third kappa shape index (κ3) is 5.39. The Bertz CT molecular complexity index is 166. The Kier molecular flexibility index (Phi) is 6.46. The van der Waals surface area contributed by atoms with Gasteiger partial charge in [-0.3, -0.25) is 14.5 Å². The molecular formula is C10H21NO2. The van der Waals surface area contributed by atoms with Crippen LogP contribution in [-0.4, -0.2) is 22.3 Å². The summed E-state index contributed by atoms with van der Waals surface area (Å²) in [6.07, 6.45) is 0. The summed E-state index contributed by atoms with van der Waals surface area (Å²) in [5, 5.41) is 0. The van der Waals surface area contributed by atoms with Crippen molar-refractivity contribution in [2.45, 2.75) is 54.0 Å². The van der Waals surface area contributed by atoms with Crippen LogP contribution in [0.4, 0.5) is 0 Å². The number of carbonyl (C=O) groups excluding carboxylic acids is 2. The molecule has 0 aromatic rings. The summed E-state index contributed by atoms with van der Waals surface area (Å²) in [6.45, 7) is 12.3. The fraction of sp³-hybridized carbons (Fsp3) is 0.800. The van der Waals surface area contributed by atoms with Crippen LogP contribution in [0.5, 0.6) is 0 Å². The maximum absolute atomic E-state index is 10.9. The smallest absolute Gasteiger partial charge is 0.226 e. The summed E-state index contributed by atoms with van der Waals surface area (Å²) in [5.74, 6) is -0.407. The highest BCUT2D eigenvalue weighted by Crippen LogP contribution is 2.12. The SMILES string of the molecule is CC.CC(=O)N(C(C)=O)C(C)(C)C. The van der Waals surface area contributed by atoms with E-state index in [1.54, 1.807) is 0 Å². The zero-order chi connectivity index (χ0) is 11.2. The van der Waals surface area contributed by atoms with Crippen molar-refractivity contribution in [2.75, 3.05) is 0 Å². The van der Waals surface area contributed by atoms with Crippen molar-refractivity contribution in [2.24, 2.45) is 0 Å². The monoisotopic (exact) mass is 187 g/mol. The summed E-state index contributed by atoms with van der Waals surface area (Å²) >= 11 is 0. The van der Waals surface area contributed by atoms with E-state index in [2.05, 4.69) is 0 Å². The van der Waals surface area contributed by atoms with Gasteiger partial charge in [0.25, 0.3) is 0 Å². The second kappa shape index (κ2) is 5.73. The molecule has 0 spiro atoms. The molecule has 0 aromatic carbocycles. The predicted octanol–water partition coefficient (Wildman–Crippen LogP) is 2.21. The highest BCUT2D eigenvalue weighted by atomic mass is 16.2. The van der Waals surface area contributed by atoms with E-state index in [9.17, 15) is 9.59 Å². The number of hydrogen-bond donors (Lipinski definition) is 0. The van der Waals surface area contributed by atoms with Crippen molar-refractivity contribution in [1.29, 1.82) is 0 Å². The molecule has 3 heteroatoms. The summed E-state index contributed by atoms with van der Waals surface area (Å²) in [5.41, 5.74) is -0.405. The lowest BCUT2D eigenvalue weighted by molar-refractivity contribution is -0.147. The number of nitrogens with zero attached hydrogens (tertiary/aromatic N) is 1. The van der Waals surface area contributed by atoms with E-state index in [4.69, 9.17) is 0 Å². The van der Waals surface area contributed by atoms with Crippen molar-refractivity contribution < 1.29 is 9.59 Å². The van der Waals surface area contributed by atoms with Crippen LogP contribution >= 0.6 is 0 Å². The van der Waals surface area contributed by atoms with Gasteiger partial charge in [-0.05, 0) is 20.8 Å². The number of imide groups is 1. The quantitative estimate of drug-likeness (QED) is 0.583. The molecule has 3 nitrogen and oxygen atoms in total. The lowest BCUT2D eigenvalue weighted by Gasteiger charge is -2.31. The van der Waals surface area contributed by atoms with Gasteiger partial charge in [-0.2, -0.15) is 0 Å². The number of rotatable bonds is 0. The molecule has 0 heterocycles. The third-order valence-electron chi connectivity index (χ3n) is 1.30. The normalized spacial score (nSPS) is 9.77. The molecule has 0 radical (unpaired) electrons. The van der Waals surface area contributed by atoms with E-state index >= 15 is 0 Å². The topological polar surface area (TPSA) is 37.4 Å². The van der Waals surface area contributed by atoms with Gasteiger partial charge >= 0.3 is 0 Å². The number of amides is 2. The lowest BCUT2D eigenvalue weighted by Crippen LogP contribution is -2.47. The van der Waals surface area contributed by atoms with Gasteiger partial charge in [-0.25, -0.2) is 0 Å². The summed E-state index contributed by atoms with van der Waals surface area (Å²) < 4.78 is 0. The van der Waals surface area contributed by atoms with Gasteiger partial charge in [0.15, 0.2) is 0 Å². The van der Waals surface area contributed by atoms with Gasteiger partial charge < -0.3 is 0 Å². The molecular weight excluding hydrogens is 166 g/mol. The molecule has 0 bridgehead atoms. The van der Waals surface area contributed by atoms with Crippen LogP contribution in [0.1, 0.15) is 48.5 Å². The molecule has 0 N–H and O–H groups in total. The van der Waals surface area contributed by atoms with Gasteiger partial charge in [0, 0.05) is 19.4 Å². The maximum atomic E-state index is 10.9. The Balaban J connectivity index is 0. The summed E-state index contributed by atoms with van der Waals surface area (Å²) in [4.78, 5) is 23.1. The van der Waals surface area contributed by atoms with Crippen molar-refractivity contribution in [1.82, 2.24) is 4.90 Å². The van der Waals surface area contributed by atoms with Crippen LogP contribution in [0.2, 0.25) is 0 Å². The lowest BCUT2D eigenvalue weighted by atomic mass is 10.1. The zero-order valence-electron chi connectivity index (χ0n) is 9.76. The van der Waals surface area contributed by atoms with E-state index in [1.165, 1.54) is 18.7 Å². The Morgan fingerprint density at radius 1 is 0.923 bits per heavy atom. The van der Waals surface area contributed by atoms with Gasteiger partial charge in [0.1, 0.15) is 0 Å². The molecule has 0 aliphatic carbocycles. The molecule has 0 aliphatic heterocycles. The third-order valence-corrected chi connectivity index (χ3v) is 1.30. The van der Waals surface area contributed by atoms with Crippen molar-refractivity contribution in [3.8, 4) is 0 Å². The molecule has 0 aromatic heterocycles. The minimum Gasteiger partial charge on any atom is -0.278 e. The molecule has 0 fully saturated rings.